The van der Waals surface area contributed by atoms with Crippen LogP contribution in [0.5, 0.6) is 0 Å². The van der Waals surface area contributed by atoms with Gasteiger partial charge in [0.25, 0.3) is 0 Å². The van der Waals surface area contributed by atoms with Crippen molar-refractivity contribution in [3.8, 4) is 0 Å². The summed E-state index contributed by atoms with van der Waals surface area (Å²) in [5.74, 6) is 0.909. The monoisotopic (exact) mass is 321 g/mol. The zero-order chi connectivity index (χ0) is 15.9. The van der Waals surface area contributed by atoms with Crippen LogP contribution >= 0.6 is 11.8 Å². The Morgan fingerprint density at radius 3 is 2.76 bits per heavy atom. The van der Waals surface area contributed by atoms with Gasteiger partial charge in [-0.15, -0.1) is 0 Å². The third-order valence-electron chi connectivity index (χ3n) is 2.67. The molecule has 7 heteroatoms. The lowest BCUT2D eigenvalue weighted by molar-refractivity contribution is -0.137. The first kappa shape index (κ1) is 17.8. The summed E-state index contributed by atoms with van der Waals surface area (Å²) in [6.07, 6.45) is -4.65. The molecule has 0 fully saturated rings. The van der Waals surface area contributed by atoms with Crippen LogP contribution in [0.25, 0.3) is 0 Å². The maximum absolute atomic E-state index is 12.6. The Morgan fingerprint density at radius 1 is 1.43 bits per heavy atom. The molecule has 1 atom stereocenters. The van der Waals surface area contributed by atoms with Crippen molar-refractivity contribution >= 4 is 17.7 Å². The van der Waals surface area contributed by atoms with E-state index in [4.69, 9.17) is 0 Å². The summed E-state index contributed by atoms with van der Waals surface area (Å²) in [4.78, 5) is 11.5. The van der Waals surface area contributed by atoms with Crippen molar-refractivity contribution in [2.75, 3.05) is 18.1 Å². The van der Waals surface area contributed by atoms with E-state index in [0.29, 0.717) is 0 Å². The highest BCUT2D eigenvalue weighted by Crippen LogP contribution is 2.30. The van der Waals surface area contributed by atoms with E-state index in [1.54, 1.807) is 0 Å². The smallest absolute Gasteiger partial charge is 0.387 e. The number of nitrogens with one attached hydrogen (secondary N) is 1. The number of benzene rings is 1. The molecule has 0 aliphatic carbocycles. The highest BCUT2D eigenvalue weighted by molar-refractivity contribution is 7.99. The third-order valence-corrected chi connectivity index (χ3v) is 3.84. The SMILES string of the molecule is CCCSCC(=O)NCC(O)c1cccc(C(F)(F)F)c1. The van der Waals surface area contributed by atoms with Gasteiger partial charge in [0, 0.05) is 6.54 Å². The van der Waals surface area contributed by atoms with Crippen LogP contribution in [0.2, 0.25) is 0 Å². The topological polar surface area (TPSA) is 49.3 Å². The van der Waals surface area contributed by atoms with Gasteiger partial charge >= 0.3 is 6.18 Å². The number of aliphatic hydroxyl groups excluding tert-OH is 1. The molecular formula is C14H18F3NO2S. The first-order valence-electron chi connectivity index (χ1n) is 6.54. The Labute approximate surface area is 125 Å². The minimum absolute atomic E-state index is 0.104. The summed E-state index contributed by atoms with van der Waals surface area (Å²) in [5.41, 5.74) is -0.685. The van der Waals surface area contributed by atoms with Crippen LogP contribution < -0.4 is 5.32 Å². The van der Waals surface area contributed by atoms with E-state index in [1.165, 1.54) is 23.9 Å². The van der Waals surface area contributed by atoms with E-state index in [0.717, 1.165) is 24.3 Å². The second-order valence-corrected chi connectivity index (χ2v) is 5.60. The lowest BCUT2D eigenvalue weighted by Crippen LogP contribution is -2.30. The van der Waals surface area contributed by atoms with Gasteiger partial charge in [-0.05, 0) is 29.9 Å². The standard InChI is InChI=1S/C14H18F3NO2S/c1-2-6-21-9-13(20)18-8-12(19)10-4-3-5-11(7-10)14(15,16)17/h3-5,7,12,19H,2,6,8-9H2,1H3,(H,18,20). The van der Waals surface area contributed by atoms with Crippen molar-refractivity contribution in [3.63, 3.8) is 0 Å². The number of amides is 1. The van der Waals surface area contributed by atoms with Gasteiger partial charge in [0.05, 0.1) is 17.4 Å². The molecule has 118 valence electrons. The Hall–Kier alpha value is -1.21. The molecule has 1 aromatic rings. The molecular weight excluding hydrogens is 303 g/mol. The zero-order valence-corrected chi connectivity index (χ0v) is 12.4. The van der Waals surface area contributed by atoms with Gasteiger partial charge in [-0.3, -0.25) is 4.79 Å². The number of hydrogen-bond acceptors (Lipinski definition) is 3. The number of carbonyl (C=O) groups excluding carboxylic acids is 1. The Balaban J connectivity index is 2.52. The van der Waals surface area contributed by atoms with E-state index in [9.17, 15) is 23.1 Å². The van der Waals surface area contributed by atoms with Gasteiger partial charge in [-0.1, -0.05) is 19.1 Å². The van der Waals surface area contributed by atoms with Crippen LogP contribution in [0.15, 0.2) is 24.3 Å². The fraction of sp³-hybridized carbons (Fsp3) is 0.500. The molecule has 2 N–H and O–H groups in total. The second-order valence-electron chi connectivity index (χ2n) is 4.50. The second kappa shape index (κ2) is 8.29. The summed E-state index contributed by atoms with van der Waals surface area (Å²) < 4.78 is 37.7. The molecule has 1 amide bonds. The lowest BCUT2D eigenvalue weighted by atomic mass is 10.1. The number of alkyl halides is 3. The number of rotatable bonds is 7. The Morgan fingerprint density at radius 2 is 2.14 bits per heavy atom. The molecule has 0 bridgehead atoms. The van der Waals surface area contributed by atoms with Gasteiger partial charge in [0.2, 0.25) is 5.91 Å². The lowest BCUT2D eigenvalue weighted by Gasteiger charge is -2.14. The van der Waals surface area contributed by atoms with Crippen molar-refractivity contribution in [2.45, 2.75) is 25.6 Å². The van der Waals surface area contributed by atoms with Crippen LogP contribution in [0, 0.1) is 0 Å². The summed E-state index contributed by atoms with van der Waals surface area (Å²) >= 11 is 1.47. The molecule has 1 aromatic carbocycles. The number of thioether (sulfide) groups is 1. The molecule has 0 aliphatic heterocycles. The van der Waals surface area contributed by atoms with Gasteiger partial charge in [0.1, 0.15) is 0 Å². The molecule has 0 aliphatic rings. The van der Waals surface area contributed by atoms with Crippen molar-refractivity contribution in [3.05, 3.63) is 35.4 Å². The van der Waals surface area contributed by atoms with Crippen LogP contribution in [0.1, 0.15) is 30.6 Å². The molecule has 0 radical (unpaired) electrons. The zero-order valence-electron chi connectivity index (χ0n) is 11.6. The molecule has 0 spiro atoms. The first-order valence-corrected chi connectivity index (χ1v) is 7.69. The Kier molecular flexibility index (Phi) is 7.04. The normalized spacial score (nSPS) is 13.0. The molecule has 3 nitrogen and oxygen atoms in total. The van der Waals surface area contributed by atoms with E-state index in [2.05, 4.69) is 5.32 Å². The maximum atomic E-state index is 12.6. The minimum Gasteiger partial charge on any atom is -0.387 e. The van der Waals surface area contributed by atoms with Crippen LogP contribution in [0.4, 0.5) is 13.2 Å². The fourth-order valence-electron chi connectivity index (χ4n) is 1.61. The highest BCUT2D eigenvalue weighted by Gasteiger charge is 2.30. The summed E-state index contributed by atoms with van der Waals surface area (Å²) in [7, 11) is 0. The van der Waals surface area contributed by atoms with Crippen LogP contribution in [0.3, 0.4) is 0 Å². The maximum Gasteiger partial charge on any atom is 0.416 e. The molecule has 0 aromatic heterocycles. The molecule has 1 unspecified atom stereocenters. The van der Waals surface area contributed by atoms with Gasteiger partial charge in [-0.25, -0.2) is 0 Å². The molecule has 1 rings (SSSR count). The Bertz CT molecular complexity index is 466. The van der Waals surface area contributed by atoms with Crippen LogP contribution in [-0.4, -0.2) is 29.1 Å². The van der Waals surface area contributed by atoms with Gasteiger partial charge in [0.15, 0.2) is 0 Å². The molecule has 0 saturated carbocycles. The van der Waals surface area contributed by atoms with E-state index >= 15 is 0 Å². The van der Waals surface area contributed by atoms with Crippen molar-refractivity contribution < 1.29 is 23.1 Å². The quantitative estimate of drug-likeness (QED) is 0.759. The number of aliphatic hydroxyl groups is 1. The van der Waals surface area contributed by atoms with Crippen molar-refractivity contribution in [2.24, 2.45) is 0 Å². The average molecular weight is 321 g/mol. The summed E-state index contributed by atoms with van der Waals surface area (Å²) in [6, 6.07) is 4.47. The summed E-state index contributed by atoms with van der Waals surface area (Å²) in [6.45, 7) is 1.90. The fourth-order valence-corrected chi connectivity index (χ4v) is 2.33. The van der Waals surface area contributed by atoms with E-state index < -0.39 is 17.8 Å². The molecule has 0 heterocycles. The largest absolute Gasteiger partial charge is 0.416 e. The average Bonchev–Trinajstić information content (AvgIpc) is 2.44. The highest BCUT2D eigenvalue weighted by atomic mass is 32.2. The van der Waals surface area contributed by atoms with Crippen molar-refractivity contribution in [1.82, 2.24) is 5.32 Å². The van der Waals surface area contributed by atoms with Gasteiger partial charge in [-0.2, -0.15) is 24.9 Å². The van der Waals surface area contributed by atoms with E-state index in [-0.39, 0.29) is 23.8 Å². The predicted octanol–water partition coefficient (Wildman–Crippen LogP) is 3.00. The summed E-state index contributed by atoms with van der Waals surface area (Å²) in [5, 5.41) is 12.3. The van der Waals surface area contributed by atoms with E-state index in [1.807, 2.05) is 6.92 Å². The third kappa shape index (κ3) is 6.39. The van der Waals surface area contributed by atoms with Crippen molar-refractivity contribution in [1.29, 1.82) is 0 Å². The number of carbonyl (C=O) groups is 1. The molecule has 0 saturated heterocycles. The number of hydrogen-bond donors (Lipinski definition) is 2. The first-order chi connectivity index (χ1) is 9.84. The van der Waals surface area contributed by atoms with Gasteiger partial charge < -0.3 is 10.4 Å². The molecule has 21 heavy (non-hydrogen) atoms. The predicted molar refractivity (Wildman–Crippen MR) is 77.0 cm³/mol. The number of halogens is 3. The van der Waals surface area contributed by atoms with Crippen LogP contribution in [-0.2, 0) is 11.0 Å². The minimum atomic E-state index is -4.45.